The van der Waals surface area contributed by atoms with E-state index in [0.29, 0.717) is 17.0 Å². The SMILES string of the molecule is CC(C)C(C)NC(=O)c1cccc(/C=C/C(=O)O)c1. The zero-order valence-electron chi connectivity index (χ0n) is 11.4. The van der Waals surface area contributed by atoms with Crippen LogP contribution in [-0.2, 0) is 4.79 Å². The van der Waals surface area contributed by atoms with Crippen molar-refractivity contribution in [1.29, 1.82) is 0 Å². The molecule has 0 heterocycles. The summed E-state index contributed by atoms with van der Waals surface area (Å²) in [5, 5.41) is 11.5. The third-order valence-corrected chi connectivity index (χ3v) is 2.93. The van der Waals surface area contributed by atoms with Crippen LogP contribution in [0.3, 0.4) is 0 Å². The molecule has 0 radical (unpaired) electrons. The number of carboxylic acid groups (broad SMARTS) is 1. The minimum Gasteiger partial charge on any atom is -0.478 e. The molecule has 19 heavy (non-hydrogen) atoms. The highest BCUT2D eigenvalue weighted by molar-refractivity contribution is 5.95. The summed E-state index contributed by atoms with van der Waals surface area (Å²) in [6.45, 7) is 6.03. The van der Waals surface area contributed by atoms with Crippen LogP contribution in [0.1, 0.15) is 36.7 Å². The maximum absolute atomic E-state index is 12.0. The summed E-state index contributed by atoms with van der Waals surface area (Å²) >= 11 is 0. The number of amides is 1. The summed E-state index contributed by atoms with van der Waals surface area (Å²) < 4.78 is 0. The molecule has 1 amide bonds. The van der Waals surface area contributed by atoms with Crippen molar-refractivity contribution in [3.05, 3.63) is 41.5 Å². The molecule has 1 aromatic rings. The van der Waals surface area contributed by atoms with Gasteiger partial charge in [-0.1, -0.05) is 26.0 Å². The van der Waals surface area contributed by atoms with Gasteiger partial charge in [-0.2, -0.15) is 0 Å². The zero-order valence-corrected chi connectivity index (χ0v) is 11.4. The number of aliphatic carboxylic acids is 1. The quantitative estimate of drug-likeness (QED) is 0.800. The predicted octanol–water partition coefficient (Wildman–Crippen LogP) is 2.56. The van der Waals surface area contributed by atoms with Crippen LogP contribution in [0, 0.1) is 5.92 Å². The first-order chi connectivity index (χ1) is 8.90. The molecule has 1 atom stereocenters. The van der Waals surface area contributed by atoms with Crippen molar-refractivity contribution >= 4 is 18.0 Å². The summed E-state index contributed by atoms with van der Waals surface area (Å²) in [6, 6.07) is 6.95. The Morgan fingerprint density at radius 2 is 1.95 bits per heavy atom. The number of hydrogen-bond acceptors (Lipinski definition) is 2. The van der Waals surface area contributed by atoms with E-state index in [2.05, 4.69) is 5.32 Å². The summed E-state index contributed by atoms with van der Waals surface area (Å²) in [7, 11) is 0. The van der Waals surface area contributed by atoms with Crippen LogP contribution in [0.2, 0.25) is 0 Å². The second-order valence-corrected chi connectivity index (χ2v) is 4.80. The van der Waals surface area contributed by atoms with Gasteiger partial charge in [-0.25, -0.2) is 4.79 Å². The molecular formula is C15H19NO3. The Morgan fingerprint density at radius 3 is 2.53 bits per heavy atom. The van der Waals surface area contributed by atoms with Crippen LogP contribution in [0.4, 0.5) is 0 Å². The Hall–Kier alpha value is -2.10. The monoisotopic (exact) mass is 261 g/mol. The summed E-state index contributed by atoms with van der Waals surface area (Å²) in [4.78, 5) is 22.4. The third kappa shape index (κ3) is 4.95. The number of benzene rings is 1. The van der Waals surface area contributed by atoms with Gasteiger partial charge in [-0.05, 0) is 36.6 Å². The molecule has 0 aromatic heterocycles. The van der Waals surface area contributed by atoms with Crippen molar-refractivity contribution in [2.45, 2.75) is 26.8 Å². The average Bonchev–Trinajstić information content (AvgIpc) is 2.36. The molecule has 1 unspecified atom stereocenters. The second kappa shape index (κ2) is 6.73. The van der Waals surface area contributed by atoms with E-state index < -0.39 is 5.97 Å². The van der Waals surface area contributed by atoms with Crippen LogP contribution < -0.4 is 5.32 Å². The van der Waals surface area contributed by atoms with Gasteiger partial charge >= 0.3 is 5.97 Å². The fourth-order valence-electron chi connectivity index (χ4n) is 1.41. The van der Waals surface area contributed by atoms with Crippen molar-refractivity contribution in [2.24, 2.45) is 5.92 Å². The Morgan fingerprint density at radius 1 is 1.26 bits per heavy atom. The number of carbonyl (C=O) groups is 2. The van der Waals surface area contributed by atoms with E-state index in [-0.39, 0.29) is 11.9 Å². The van der Waals surface area contributed by atoms with Gasteiger partial charge < -0.3 is 10.4 Å². The molecule has 0 aliphatic heterocycles. The molecule has 0 aliphatic rings. The predicted molar refractivity (Wildman–Crippen MR) is 74.9 cm³/mol. The van der Waals surface area contributed by atoms with E-state index in [9.17, 15) is 9.59 Å². The lowest BCUT2D eigenvalue weighted by molar-refractivity contribution is -0.131. The smallest absolute Gasteiger partial charge is 0.328 e. The van der Waals surface area contributed by atoms with E-state index in [1.807, 2.05) is 20.8 Å². The van der Waals surface area contributed by atoms with Crippen molar-refractivity contribution in [3.63, 3.8) is 0 Å². The van der Waals surface area contributed by atoms with E-state index >= 15 is 0 Å². The van der Waals surface area contributed by atoms with Gasteiger partial charge in [-0.3, -0.25) is 4.79 Å². The Labute approximate surface area is 113 Å². The van der Waals surface area contributed by atoms with Crippen molar-refractivity contribution < 1.29 is 14.7 Å². The lowest BCUT2D eigenvalue weighted by Crippen LogP contribution is -2.36. The molecule has 4 heteroatoms. The first-order valence-electron chi connectivity index (χ1n) is 6.22. The number of carbonyl (C=O) groups excluding carboxylic acids is 1. The first kappa shape index (κ1) is 15.0. The summed E-state index contributed by atoms with van der Waals surface area (Å²) in [5.41, 5.74) is 1.22. The molecule has 2 N–H and O–H groups in total. The van der Waals surface area contributed by atoms with E-state index in [4.69, 9.17) is 5.11 Å². The van der Waals surface area contributed by atoms with Crippen LogP contribution in [0.15, 0.2) is 30.3 Å². The molecule has 1 rings (SSSR count). The van der Waals surface area contributed by atoms with Crippen LogP contribution in [0.5, 0.6) is 0 Å². The van der Waals surface area contributed by atoms with Crippen LogP contribution >= 0.6 is 0 Å². The van der Waals surface area contributed by atoms with Crippen molar-refractivity contribution in [2.75, 3.05) is 0 Å². The van der Waals surface area contributed by atoms with Crippen LogP contribution in [0.25, 0.3) is 6.08 Å². The number of carboxylic acids is 1. The molecule has 0 fully saturated rings. The molecule has 0 saturated heterocycles. The minimum absolute atomic E-state index is 0.0886. The zero-order chi connectivity index (χ0) is 14.4. The molecule has 0 saturated carbocycles. The normalized spacial score (nSPS) is 12.6. The van der Waals surface area contributed by atoms with E-state index in [0.717, 1.165) is 6.08 Å². The van der Waals surface area contributed by atoms with Crippen molar-refractivity contribution in [3.8, 4) is 0 Å². The second-order valence-electron chi connectivity index (χ2n) is 4.80. The molecule has 102 valence electrons. The Bertz CT molecular complexity index is 492. The molecule has 1 aromatic carbocycles. The van der Waals surface area contributed by atoms with E-state index in [1.165, 1.54) is 6.08 Å². The van der Waals surface area contributed by atoms with Gasteiger partial charge in [-0.15, -0.1) is 0 Å². The number of nitrogens with one attached hydrogen (secondary N) is 1. The average molecular weight is 261 g/mol. The Kier molecular flexibility index (Phi) is 5.30. The topological polar surface area (TPSA) is 66.4 Å². The minimum atomic E-state index is -1.01. The fourth-order valence-corrected chi connectivity index (χ4v) is 1.41. The molecule has 0 bridgehead atoms. The highest BCUT2D eigenvalue weighted by Gasteiger charge is 2.12. The van der Waals surface area contributed by atoms with E-state index in [1.54, 1.807) is 24.3 Å². The molecule has 0 aliphatic carbocycles. The van der Waals surface area contributed by atoms with Gasteiger partial charge in [0, 0.05) is 17.7 Å². The van der Waals surface area contributed by atoms with Gasteiger partial charge in [0.1, 0.15) is 0 Å². The lowest BCUT2D eigenvalue weighted by atomic mass is 10.1. The van der Waals surface area contributed by atoms with Gasteiger partial charge in [0.2, 0.25) is 0 Å². The molecule has 0 spiro atoms. The maximum atomic E-state index is 12.0. The van der Waals surface area contributed by atoms with Gasteiger partial charge in [0.05, 0.1) is 0 Å². The molecule has 4 nitrogen and oxygen atoms in total. The van der Waals surface area contributed by atoms with Gasteiger partial charge in [0.15, 0.2) is 0 Å². The first-order valence-corrected chi connectivity index (χ1v) is 6.22. The van der Waals surface area contributed by atoms with Gasteiger partial charge in [0.25, 0.3) is 5.91 Å². The van der Waals surface area contributed by atoms with Crippen molar-refractivity contribution in [1.82, 2.24) is 5.32 Å². The number of rotatable bonds is 5. The van der Waals surface area contributed by atoms with Crippen LogP contribution in [-0.4, -0.2) is 23.0 Å². The summed E-state index contributed by atoms with van der Waals surface area (Å²) in [6.07, 6.45) is 2.51. The fraction of sp³-hybridized carbons (Fsp3) is 0.333. The number of hydrogen-bond donors (Lipinski definition) is 2. The lowest BCUT2D eigenvalue weighted by Gasteiger charge is -2.17. The largest absolute Gasteiger partial charge is 0.478 e. The third-order valence-electron chi connectivity index (χ3n) is 2.93. The standard InChI is InChI=1S/C15H19NO3/c1-10(2)11(3)16-15(19)13-6-4-5-12(9-13)7-8-14(17)18/h4-11H,1-3H3,(H,16,19)(H,17,18)/b8-7+. The maximum Gasteiger partial charge on any atom is 0.328 e. The Balaban J connectivity index is 2.81. The molecular weight excluding hydrogens is 242 g/mol. The highest BCUT2D eigenvalue weighted by Crippen LogP contribution is 2.09. The summed E-state index contributed by atoms with van der Waals surface area (Å²) in [5.74, 6) is -0.797. The highest BCUT2D eigenvalue weighted by atomic mass is 16.4.